The van der Waals surface area contributed by atoms with E-state index in [2.05, 4.69) is 9.97 Å². The minimum atomic E-state index is -0.672. The van der Waals surface area contributed by atoms with Gasteiger partial charge in [-0.15, -0.1) is 0 Å². The summed E-state index contributed by atoms with van der Waals surface area (Å²) in [4.78, 5) is 18.3. The molecule has 1 aliphatic rings. The highest BCUT2D eigenvalue weighted by Gasteiger charge is 2.26. The van der Waals surface area contributed by atoms with Gasteiger partial charge in [0.2, 0.25) is 5.75 Å². The molecular formula is C19H13F2N3O3. The average Bonchev–Trinajstić information content (AvgIpc) is 3.12. The van der Waals surface area contributed by atoms with Gasteiger partial charge in [0, 0.05) is 17.7 Å². The number of halogens is 2. The molecule has 0 spiro atoms. The molecule has 0 atom stereocenters. The van der Waals surface area contributed by atoms with Gasteiger partial charge >= 0.3 is 5.69 Å². The molecule has 0 unspecified atom stereocenters. The van der Waals surface area contributed by atoms with Crippen molar-refractivity contribution in [3.8, 4) is 22.9 Å². The Labute approximate surface area is 152 Å². The maximum Gasteiger partial charge on any atom is 0.311 e. The summed E-state index contributed by atoms with van der Waals surface area (Å²) in [6.45, 7) is 0. The van der Waals surface area contributed by atoms with Gasteiger partial charge < -0.3 is 4.74 Å². The molecule has 0 aliphatic heterocycles. The summed E-state index contributed by atoms with van der Waals surface area (Å²) in [5.74, 6) is -0.979. The number of nitrogens with zero attached hydrogens (tertiary/aromatic N) is 3. The zero-order valence-electron chi connectivity index (χ0n) is 14.0. The Hall–Kier alpha value is -3.42. The molecule has 136 valence electrons. The average molecular weight is 369 g/mol. The Balaban J connectivity index is 1.70. The van der Waals surface area contributed by atoms with Gasteiger partial charge in [0.15, 0.2) is 11.6 Å². The molecule has 1 heterocycles. The van der Waals surface area contributed by atoms with Gasteiger partial charge in [0.25, 0.3) is 0 Å². The number of aromatic nitrogens is 2. The van der Waals surface area contributed by atoms with Crippen molar-refractivity contribution < 1.29 is 18.4 Å². The van der Waals surface area contributed by atoms with Crippen molar-refractivity contribution in [1.29, 1.82) is 0 Å². The number of ether oxygens (including phenoxy) is 1. The highest BCUT2D eigenvalue weighted by atomic mass is 19.1. The second kappa shape index (κ2) is 6.71. The molecular weight excluding hydrogens is 356 g/mol. The van der Waals surface area contributed by atoms with Crippen LogP contribution in [-0.2, 0) is 12.8 Å². The number of fused-ring (bicyclic) bond motifs is 1. The Kier molecular flexibility index (Phi) is 4.23. The van der Waals surface area contributed by atoms with Crippen molar-refractivity contribution in [3.63, 3.8) is 0 Å². The molecule has 4 rings (SSSR count). The normalized spacial score (nSPS) is 12.7. The highest BCUT2D eigenvalue weighted by molar-refractivity contribution is 5.60. The summed E-state index contributed by atoms with van der Waals surface area (Å²) in [6, 6.07) is 7.13. The Bertz CT molecular complexity index is 1040. The second-order valence-electron chi connectivity index (χ2n) is 6.13. The molecule has 1 aromatic heterocycles. The topological polar surface area (TPSA) is 78.2 Å². The number of hydrogen-bond donors (Lipinski definition) is 0. The van der Waals surface area contributed by atoms with E-state index in [4.69, 9.17) is 4.74 Å². The number of rotatable bonds is 4. The Morgan fingerprint density at radius 3 is 2.56 bits per heavy atom. The second-order valence-corrected chi connectivity index (χ2v) is 6.13. The maximum atomic E-state index is 14.5. The summed E-state index contributed by atoms with van der Waals surface area (Å²) in [7, 11) is 0. The molecule has 0 amide bonds. The fourth-order valence-electron chi connectivity index (χ4n) is 3.19. The number of aryl methyl sites for hydroxylation is 1. The lowest BCUT2D eigenvalue weighted by atomic mass is 10.1. The van der Waals surface area contributed by atoms with E-state index in [1.807, 2.05) is 0 Å². The van der Waals surface area contributed by atoms with Crippen LogP contribution in [0.4, 0.5) is 14.5 Å². The van der Waals surface area contributed by atoms with Crippen molar-refractivity contribution in [1.82, 2.24) is 9.97 Å². The van der Waals surface area contributed by atoms with Crippen LogP contribution in [0.15, 0.2) is 42.7 Å². The van der Waals surface area contributed by atoms with Crippen molar-refractivity contribution in [2.24, 2.45) is 0 Å². The number of nitro benzene ring substituents is 1. The van der Waals surface area contributed by atoms with Crippen LogP contribution in [0.5, 0.6) is 11.5 Å². The first kappa shape index (κ1) is 17.0. The fourth-order valence-corrected chi connectivity index (χ4v) is 3.19. The smallest absolute Gasteiger partial charge is 0.311 e. The third kappa shape index (κ3) is 3.21. The molecule has 0 saturated heterocycles. The van der Waals surface area contributed by atoms with Gasteiger partial charge in [-0.1, -0.05) is 6.07 Å². The van der Waals surface area contributed by atoms with E-state index < -0.39 is 16.6 Å². The Morgan fingerprint density at radius 2 is 1.85 bits per heavy atom. The molecule has 0 fully saturated rings. The zero-order valence-corrected chi connectivity index (χ0v) is 14.0. The van der Waals surface area contributed by atoms with Crippen molar-refractivity contribution in [2.75, 3.05) is 0 Å². The molecule has 0 N–H and O–H groups in total. The van der Waals surface area contributed by atoms with E-state index in [-0.39, 0.29) is 28.6 Å². The van der Waals surface area contributed by atoms with Crippen LogP contribution in [0.25, 0.3) is 11.4 Å². The van der Waals surface area contributed by atoms with E-state index in [1.165, 1.54) is 18.2 Å². The first-order chi connectivity index (χ1) is 13.0. The quantitative estimate of drug-likeness (QED) is 0.496. The third-order valence-corrected chi connectivity index (χ3v) is 4.43. The van der Waals surface area contributed by atoms with Crippen LogP contribution in [0.2, 0.25) is 0 Å². The summed E-state index contributed by atoms with van der Waals surface area (Å²) in [5.41, 5.74) is 1.72. The molecule has 8 heteroatoms. The molecule has 0 saturated carbocycles. The largest absolute Gasteiger partial charge is 0.450 e. The zero-order chi connectivity index (χ0) is 19.0. The molecule has 0 bridgehead atoms. The van der Waals surface area contributed by atoms with Gasteiger partial charge in [-0.3, -0.25) is 10.1 Å². The van der Waals surface area contributed by atoms with Gasteiger partial charge in [-0.2, -0.15) is 0 Å². The summed E-state index contributed by atoms with van der Waals surface area (Å²) in [6.07, 6.45) is 4.29. The lowest BCUT2D eigenvalue weighted by molar-refractivity contribution is -0.385. The summed E-state index contributed by atoms with van der Waals surface area (Å²) in [5, 5.41) is 11.3. The van der Waals surface area contributed by atoms with Crippen LogP contribution in [0.3, 0.4) is 0 Å². The van der Waals surface area contributed by atoms with Crippen molar-refractivity contribution >= 4 is 5.69 Å². The van der Waals surface area contributed by atoms with Gasteiger partial charge in [-0.25, -0.2) is 18.7 Å². The van der Waals surface area contributed by atoms with Crippen LogP contribution in [0, 0.1) is 21.7 Å². The van der Waals surface area contributed by atoms with Crippen LogP contribution < -0.4 is 4.74 Å². The summed E-state index contributed by atoms with van der Waals surface area (Å²) >= 11 is 0. The van der Waals surface area contributed by atoms with Gasteiger partial charge in [0.05, 0.1) is 22.9 Å². The maximum absolute atomic E-state index is 14.5. The first-order valence-corrected chi connectivity index (χ1v) is 8.27. The first-order valence-electron chi connectivity index (χ1n) is 8.27. The Morgan fingerprint density at radius 1 is 1.07 bits per heavy atom. The lowest BCUT2D eigenvalue weighted by Crippen LogP contribution is -1.99. The number of benzene rings is 2. The van der Waals surface area contributed by atoms with E-state index in [1.54, 1.807) is 6.07 Å². The minimum absolute atomic E-state index is 0.0343. The molecule has 6 nitrogen and oxygen atoms in total. The van der Waals surface area contributed by atoms with Crippen molar-refractivity contribution in [2.45, 2.75) is 19.3 Å². The number of hydrogen-bond acceptors (Lipinski definition) is 5. The molecule has 0 radical (unpaired) electrons. The van der Waals surface area contributed by atoms with Gasteiger partial charge in [-0.05, 0) is 37.0 Å². The van der Waals surface area contributed by atoms with Gasteiger partial charge in [0.1, 0.15) is 11.6 Å². The summed E-state index contributed by atoms with van der Waals surface area (Å²) < 4.78 is 33.1. The van der Waals surface area contributed by atoms with Crippen molar-refractivity contribution in [3.05, 3.63) is 75.6 Å². The predicted molar refractivity (Wildman–Crippen MR) is 92.6 cm³/mol. The SMILES string of the molecule is O=[N+]([O-])c1ccc2c(c1Oc1ccc(-c3ncc(F)cn3)c(F)c1)CCC2. The minimum Gasteiger partial charge on any atom is -0.450 e. The lowest BCUT2D eigenvalue weighted by Gasteiger charge is -2.12. The van der Waals surface area contributed by atoms with Crippen LogP contribution in [0.1, 0.15) is 17.5 Å². The van der Waals surface area contributed by atoms with E-state index in [0.29, 0.717) is 6.42 Å². The molecule has 1 aliphatic carbocycles. The fraction of sp³-hybridized carbons (Fsp3) is 0.158. The highest BCUT2D eigenvalue weighted by Crippen LogP contribution is 2.41. The monoisotopic (exact) mass is 369 g/mol. The van der Waals surface area contributed by atoms with E-state index >= 15 is 0 Å². The van der Waals surface area contributed by atoms with Crippen LogP contribution >= 0.6 is 0 Å². The molecule has 2 aromatic carbocycles. The standard InChI is InChI=1S/C19H13F2N3O3/c20-12-9-22-19(23-10-12)15-6-5-13(8-16(15)21)27-18-14-3-1-2-11(14)4-7-17(18)24(25)26/h4-10H,1-3H2. The van der Waals surface area contributed by atoms with E-state index in [0.717, 1.165) is 42.4 Å². The van der Waals surface area contributed by atoms with E-state index in [9.17, 15) is 18.9 Å². The third-order valence-electron chi connectivity index (χ3n) is 4.43. The number of nitro groups is 1. The predicted octanol–water partition coefficient (Wildman–Crippen LogP) is 4.61. The molecule has 3 aromatic rings. The molecule has 27 heavy (non-hydrogen) atoms. The van der Waals surface area contributed by atoms with Crippen LogP contribution in [-0.4, -0.2) is 14.9 Å².